The number of halogens is 1. The molecule has 1 aromatic heterocycles. The summed E-state index contributed by atoms with van der Waals surface area (Å²) >= 11 is 3.43. The Morgan fingerprint density at radius 2 is 2.25 bits per heavy atom. The van der Waals surface area contributed by atoms with E-state index in [0.717, 1.165) is 22.3 Å². The number of nitrogens with zero attached hydrogens (tertiary/aromatic N) is 1. The van der Waals surface area contributed by atoms with Gasteiger partial charge in [-0.3, -0.25) is 0 Å². The highest BCUT2D eigenvalue weighted by Gasteiger charge is 2.47. The third-order valence-electron chi connectivity index (χ3n) is 3.58. The maximum atomic E-state index is 9.65. The van der Waals surface area contributed by atoms with E-state index in [4.69, 9.17) is 0 Å². The molecule has 2 atom stereocenters. The standard InChI is InChI=1S/C12H17BrN2O/c1-7-4-11(14-6-8(7)13)15-9-5-10(16)12(9,2)3/h4,6,9-10,16H,5H2,1-3H3,(H,14,15). The quantitative estimate of drug-likeness (QED) is 0.878. The van der Waals surface area contributed by atoms with Crippen LogP contribution in [0.3, 0.4) is 0 Å². The topological polar surface area (TPSA) is 45.1 Å². The molecule has 0 aromatic carbocycles. The molecule has 2 unspecified atom stereocenters. The summed E-state index contributed by atoms with van der Waals surface area (Å²) in [5.41, 5.74) is 1.10. The maximum Gasteiger partial charge on any atom is 0.126 e. The van der Waals surface area contributed by atoms with Crippen molar-refractivity contribution in [2.24, 2.45) is 5.41 Å². The number of anilines is 1. The molecule has 1 aliphatic carbocycles. The second-order valence-corrected chi connectivity index (χ2v) is 5.94. The Kier molecular flexibility index (Phi) is 2.97. The average molecular weight is 285 g/mol. The lowest BCUT2D eigenvalue weighted by molar-refractivity contribution is -0.0511. The summed E-state index contributed by atoms with van der Waals surface area (Å²) in [5.74, 6) is 0.880. The summed E-state index contributed by atoms with van der Waals surface area (Å²) in [6.07, 6.45) is 2.39. The van der Waals surface area contributed by atoms with Crippen molar-refractivity contribution in [2.45, 2.75) is 39.3 Å². The highest BCUT2D eigenvalue weighted by Crippen LogP contribution is 2.42. The molecule has 1 heterocycles. The smallest absolute Gasteiger partial charge is 0.126 e. The third-order valence-corrected chi connectivity index (χ3v) is 4.42. The number of aliphatic hydroxyl groups excluding tert-OH is 1. The van der Waals surface area contributed by atoms with Crippen molar-refractivity contribution >= 4 is 21.7 Å². The molecule has 3 nitrogen and oxygen atoms in total. The molecule has 1 aliphatic rings. The van der Waals surface area contributed by atoms with Gasteiger partial charge in [0.25, 0.3) is 0 Å². The van der Waals surface area contributed by atoms with Gasteiger partial charge < -0.3 is 10.4 Å². The number of nitrogens with one attached hydrogen (secondary N) is 1. The summed E-state index contributed by atoms with van der Waals surface area (Å²) < 4.78 is 1.02. The largest absolute Gasteiger partial charge is 0.392 e. The number of pyridine rings is 1. The van der Waals surface area contributed by atoms with Crippen LogP contribution in [0, 0.1) is 12.3 Å². The highest BCUT2D eigenvalue weighted by molar-refractivity contribution is 9.10. The van der Waals surface area contributed by atoms with Crippen LogP contribution in [-0.2, 0) is 0 Å². The Morgan fingerprint density at radius 1 is 1.56 bits per heavy atom. The van der Waals surface area contributed by atoms with E-state index in [1.54, 1.807) is 6.20 Å². The van der Waals surface area contributed by atoms with Gasteiger partial charge in [0.2, 0.25) is 0 Å². The Morgan fingerprint density at radius 3 is 2.75 bits per heavy atom. The molecule has 0 bridgehead atoms. The lowest BCUT2D eigenvalue weighted by Crippen LogP contribution is -2.57. The number of rotatable bonds is 2. The predicted octanol–water partition coefficient (Wildman–Crippen LogP) is 2.72. The van der Waals surface area contributed by atoms with E-state index in [0.29, 0.717) is 6.04 Å². The predicted molar refractivity (Wildman–Crippen MR) is 68.5 cm³/mol. The van der Waals surface area contributed by atoms with E-state index in [-0.39, 0.29) is 11.5 Å². The zero-order chi connectivity index (χ0) is 11.9. The third kappa shape index (κ3) is 1.96. The van der Waals surface area contributed by atoms with Crippen LogP contribution < -0.4 is 5.32 Å². The fourth-order valence-electron chi connectivity index (χ4n) is 1.94. The van der Waals surface area contributed by atoms with E-state index >= 15 is 0 Å². The molecule has 0 spiro atoms. The Labute approximate surface area is 104 Å². The van der Waals surface area contributed by atoms with Crippen LogP contribution in [-0.4, -0.2) is 22.2 Å². The average Bonchev–Trinajstić information content (AvgIpc) is 2.23. The zero-order valence-electron chi connectivity index (χ0n) is 9.79. The van der Waals surface area contributed by atoms with Crippen LogP contribution in [0.25, 0.3) is 0 Å². The van der Waals surface area contributed by atoms with E-state index in [1.807, 2.05) is 13.0 Å². The van der Waals surface area contributed by atoms with E-state index in [1.165, 1.54) is 0 Å². The maximum absolute atomic E-state index is 9.65. The molecule has 4 heteroatoms. The zero-order valence-corrected chi connectivity index (χ0v) is 11.4. The molecule has 1 saturated carbocycles. The monoisotopic (exact) mass is 284 g/mol. The van der Waals surface area contributed by atoms with Crippen LogP contribution in [0.5, 0.6) is 0 Å². The van der Waals surface area contributed by atoms with Crippen LogP contribution in [0.2, 0.25) is 0 Å². The van der Waals surface area contributed by atoms with Gasteiger partial charge in [0.05, 0.1) is 6.10 Å². The van der Waals surface area contributed by atoms with Crippen molar-refractivity contribution in [3.8, 4) is 0 Å². The number of aryl methyl sites for hydroxylation is 1. The summed E-state index contributed by atoms with van der Waals surface area (Å²) in [7, 11) is 0. The molecule has 88 valence electrons. The van der Waals surface area contributed by atoms with Crippen molar-refractivity contribution in [1.29, 1.82) is 0 Å². The second-order valence-electron chi connectivity index (χ2n) is 5.09. The van der Waals surface area contributed by atoms with Crippen LogP contribution in [0.4, 0.5) is 5.82 Å². The fourth-order valence-corrected chi connectivity index (χ4v) is 2.16. The molecular formula is C12H17BrN2O. The lowest BCUT2D eigenvalue weighted by atomic mass is 9.64. The van der Waals surface area contributed by atoms with Crippen molar-refractivity contribution < 1.29 is 5.11 Å². The van der Waals surface area contributed by atoms with Gasteiger partial charge in [0, 0.05) is 22.1 Å². The van der Waals surface area contributed by atoms with Gasteiger partial charge in [-0.15, -0.1) is 0 Å². The van der Waals surface area contributed by atoms with Gasteiger partial charge in [-0.2, -0.15) is 0 Å². The molecule has 1 fully saturated rings. The van der Waals surface area contributed by atoms with Crippen molar-refractivity contribution in [1.82, 2.24) is 4.98 Å². The molecule has 0 amide bonds. The first-order valence-corrected chi connectivity index (χ1v) is 6.27. The van der Waals surface area contributed by atoms with Crippen LogP contribution >= 0.6 is 15.9 Å². The Hall–Kier alpha value is -0.610. The summed E-state index contributed by atoms with van der Waals surface area (Å²) in [5, 5.41) is 13.0. The SMILES string of the molecule is Cc1cc(NC2CC(O)C2(C)C)ncc1Br. The van der Waals surface area contributed by atoms with E-state index in [9.17, 15) is 5.11 Å². The van der Waals surface area contributed by atoms with Gasteiger partial charge in [-0.25, -0.2) is 4.98 Å². The second kappa shape index (κ2) is 4.00. The number of hydrogen-bond donors (Lipinski definition) is 2. The molecular weight excluding hydrogens is 268 g/mol. The van der Waals surface area contributed by atoms with Gasteiger partial charge in [-0.05, 0) is 40.9 Å². The minimum atomic E-state index is -0.207. The fraction of sp³-hybridized carbons (Fsp3) is 0.583. The number of aliphatic hydroxyl groups is 1. The van der Waals surface area contributed by atoms with Gasteiger partial charge in [-0.1, -0.05) is 13.8 Å². The van der Waals surface area contributed by atoms with E-state index < -0.39 is 0 Å². The Bertz CT molecular complexity index is 406. The van der Waals surface area contributed by atoms with Crippen LogP contribution in [0.1, 0.15) is 25.8 Å². The number of aromatic nitrogens is 1. The van der Waals surface area contributed by atoms with Crippen molar-refractivity contribution in [3.63, 3.8) is 0 Å². The molecule has 16 heavy (non-hydrogen) atoms. The molecule has 2 N–H and O–H groups in total. The van der Waals surface area contributed by atoms with E-state index in [2.05, 4.69) is 40.1 Å². The van der Waals surface area contributed by atoms with Gasteiger partial charge in [0.15, 0.2) is 0 Å². The Balaban J connectivity index is 2.08. The summed E-state index contributed by atoms with van der Waals surface area (Å²) in [6, 6.07) is 2.32. The molecule has 0 radical (unpaired) electrons. The van der Waals surface area contributed by atoms with Gasteiger partial charge in [0.1, 0.15) is 5.82 Å². The first kappa shape index (κ1) is 11.9. The van der Waals surface area contributed by atoms with Crippen molar-refractivity contribution in [2.75, 3.05) is 5.32 Å². The minimum Gasteiger partial charge on any atom is -0.392 e. The summed E-state index contributed by atoms with van der Waals surface area (Å²) in [6.45, 7) is 6.19. The lowest BCUT2D eigenvalue weighted by Gasteiger charge is -2.49. The normalized spacial score (nSPS) is 27.3. The summed E-state index contributed by atoms with van der Waals surface area (Å²) in [4.78, 5) is 4.31. The minimum absolute atomic E-state index is 0.0668. The van der Waals surface area contributed by atoms with Crippen molar-refractivity contribution in [3.05, 3.63) is 22.3 Å². The first-order chi connectivity index (χ1) is 7.41. The molecule has 1 aromatic rings. The van der Waals surface area contributed by atoms with Crippen LogP contribution in [0.15, 0.2) is 16.7 Å². The highest BCUT2D eigenvalue weighted by atomic mass is 79.9. The van der Waals surface area contributed by atoms with Gasteiger partial charge >= 0.3 is 0 Å². The molecule has 0 aliphatic heterocycles. The molecule has 0 saturated heterocycles. The molecule has 2 rings (SSSR count). The first-order valence-electron chi connectivity index (χ1n) is 5.48. The number of hydrogen-bond acceptors (Lipinski definition) is 3.